The molecule has 5 heteroatoms. The summed E-state index contributed by atoms with van der Waals surface area (Å²) in [5, 5.41) is 8.80. The number of amides is 2. The highest BCUT2D eigenvalue weighted by atomic mass is 16.2. The first-order valence-corrected chi connectivity index (χ1v) is 7.40. The second-order valence-electron chi connectivity index (χ2n) is 5.79. The maximum Gasteiger partial charge on any atom is 0.242 e. The molecule has 0 spiro atoms. The Morgan fingerprint density at radius 2 is 1.89 bits per heavy atom. The second kappa shape index (κ2) is 6.37. The molecule has 4 unspecified atom stereocenters. The van der Waals surface area contributed by atoms with E-state index in [9.17, 15) is 9.59 Å². The molecule has 1 saturated carbocycles. The summed E-state index contributed by atoms with van der Waals surface area (Å²) in [7, 11) is 1.58. The van der Waals surface area contributed by atoms with Crippen molar-refractivity contribution in [2.45, 2.75) is 63.6 Å². The van der Waals surface area contributed by atoms with Gasteiger partial charge in [0.05, 0.1) is 6.04 Å². The summed E-state index contributed by atoms with van der Waals surface area (Å²) in [4.78, 5) is 23.6. The molecule has 0 aromatic rings. The lowest BCUT2D eigenvalue weighted by Gasteiger charge is -2.40. The third-order valence-electron chi connectivity index (χ3n) is 4.47. The first-order valence-electron chi connectivity index (χ1n) is 7.40. The Morgan fingerprint density at radius 3 is 2.63 bits per heavy atom. The van der Waals surface area contributed by atoms with Gasteiger partial charge < -0.3 is 16.0 Å². The minimum absolute atomic E-state index is 0.0416. The molecule has 3 N–H and O–H groups in total. The average molecular weight is 267 g/mol. The van der Waals surface area contributed by atoms with E-state index in [0.717, 1.165) is 18.8 Å². The highest BCUT2D eigenvalue weighted by Crippen LogP contribution is 2.32. The maximum absolute atomic E-state index is 12.1. The van der Waals surface area contributed by atoms with Crippen molar-refractivity contribution < 1.29 is 9.59 Å². The summed E-state index contributed by atoms with van der Waals surface area (Å²) in [5.41, 5.74) is 0. The molecule has 0 bridgehead atoms. The minimum Gasteiger partial charge on any atom is -0.357 e. The quantitative estimate of drug-likeness (QED) is 0.699. The van der Waals surface area contributed by atoms with Crippen LogP contribution in [0.3, 0.4) is 0 Å². The van der Waals surface area contributed by atoms with E-state index in [1.807, 2.05) is 0 Å². The molecule has 2 aliphatic rings. The van der Waals surface area contributed by atoms with Crippen LogP contribution in [-0.2, 0) is 9.59 Å². The molecule has 5 nitrogen and oxygen atoms in total. The van der Waals surface area contributed by atoms with Gasteiger partial charge in [-0.05, 0) is 38.5 Å². The van der Waals surface area contributed by atoms with E-state index in [1.165, 1.54) is 25.7 Å². The number of hydrogen-bond acceptors (Lipinski definition) is 3. The second-order valence-corrected chi connectivity index (χ2v) is 5.79. The van der Waals surface area contributed by atoms with Crippen LogP contribution in [0.2, 0.25) is 0 Å². The number of carbonyl (C=O) groups excluding carboxylic acids is 2. The summed E-state index contributed by atoms with van der Waals surface area (Å²) < 4.78 is 0. The van der Waals surface area contributed by atoms with Crippen molar-refractivity contribution in [3.63, 3.8) is 0 Å². The molecule has 0 radical (unpaired) electrons. The Morgan fingerprint density at radius 1 is 1.16 bits per heavy atom. The third-order valence-corrected chi connectivity index (χ3v) is 4.47. The molecule has 0 aromatic heterocycles. The predicted octanol–water partition coefficient (Wildman–Crippen LogP) is 0.548. The Bertz CT molecular complexity index is 346. The van der Waals surface area contributed by atoms with Crippen LogP contribution in [-0.4, -0.2) is 37.0 Å². The molecular formula is C14H25N3O2. The zero-order valence-corrected chi connectivity index (χ0v) is 11.9. The highest BCUT2D eigenvalue weighted by Gasteiger charge is 2.34. The van der Waals surface area contributed by atoms with Crippen molar-refractivity contribution in [2.75, 3.05) is 7.05 Å². The minimum atomic E-state index is -0.469. The first-order chi connectivity index (χ1) is 9.11. The molecule has 19 heavy (non-hydrogen) atoms. The van der Waals surface area contributed by atoms with E-state index in [4.69, 9.17) is 0 Å². The lowest BCUT2D eigenvalue weighted by Crippen LogP contribution is -2.57. The normalized spacial score (nSPS) is 32.0. The maximum atomic E-state index is 12.1. The Balaban J connectivity index is 1.85. The van der Waals surface area contributed by atoms with E-state index < -0.39 is 6.04 Å². The molecular weight excluding hydrogens is 242 g/mol. The van der Waals surface area contributed by atoms with Crippen molar-refractivity contribution in [1.29, 1.82) is 0 Å². The highest BCUT2D eigenvalue weighted by molar-refractivity contribution is 5.89. The van der Waals surface area contributed by atoms with Gasteiger partial charge in [0, 0.05) is 13.1 Å². The molecule has 0 aromatic carbocycles. The fourth-order valence-electron chi connectivity index (χ4n) is 3.30. The van der Waals surface area contributed by atoms with Crippen molar-refractivity contribution in [2.24, 2.45) is 5.92 Å². The number of rotatable bonds is 3. The number of carbonyl (C=O) groups is 2. The molecule has 108 valence electrons. The van der Waals surface area contributed by atoms with Gasteiger partial charge in [0.25, 0.3) is 0 Å². The molecule has 2 rings (SSSR count). The number of likely N-dealkylation sites (N-methyl/N-ethyl adjacent to an activating group) is 1. The van der Waals surface area contributed by atoms with E-state index in [-0.39, 0.29) is 17.9 Å². The zero-order chi connectivity index (χ0) is 13.8. The van der Waals surface area contributed by atoms with Crippen molar-refractivity contribution in [3.05, 3.63) is 0 Å². The topological polar surface area (TPSA) is 70.2 Å². The van der Waals surface area contributed by atoms with Crippen molar-refractivity contribution in [3.8, 4) is 0 Å². The standard InChI is InChI=1S/C14H25N3O2/c1-9(13(18)15-2)16-14(19)12-8-7-10-5-3-4-6-11(10)17-12/h9-12,17H,3-8H2,1-2H3,(H,15,18)(H,16,19). The van der Waals surface area contributed by atoms with Crippen molar-refractivity contribution in [1.82, 2.24) is 16.0 Å². The number of fused-ring (bicyclic) bond motifs is 1. The summed E-state index contributed by atoms with van der Waals surface area (Å²) in [5.74, 6) is 0.550. The van der Waals surface area contributed by atoms with Gasteiger partial charge in [-0.1, -0.05) is 12.8 Å². The summed E-state index contributed by atoms with van der Waals surface area (Å²) >= 11 is 0. The van der Waals surface area contributed by atoms with Gasteiger partial charge in [0.1, 0.15) is 6.04 Å². The molecule has 2 fully saturated rings. The van der Waals surface area contributed by atoms with Gasteiger partial charge in [-0.15, -0.1) is 0 Å². The Labute approximate surface area is 114 Å². The van der Waals surface area contributed by atoms with Gasteiger partial charge in [-0.2, -0.15) is 0 Å². The number of nitrogens with one attached hydrogen (secondary N) is 3. The predicted molar refractivity (Wildman–Crippen MR) is 73.6 cm³/mol. The molecule has 2 amide bonds. The van der Waals surface area contributed by atoms with Crippen LogP contribution in [0.25, 0.3) is 0 Å². The van der Waals surface area contributed by atoms with E-state index in [2.05, 4.69) is 16.0 Å². The van der Waals surface area contributed by atoms with Crippen molar-refractivity contribution >= 4 is 11.8 Å². The van der Waals surface area contributed by atoms with Crippen LogP contribution in [0.4, 0.5) is 0 Å². The van der Waals surface area contributed by atoms with Crippen LogP contribution in [0.5, 0.6) is 0 Å². The molecule has 1 aliphatic heterocycles. The average Bonchev–Trinajstić information content (AvgIpc) is 2.45. The van der Waals surface area contributed by atoms with E-state index in [0.29, 0.717) is 6.04 Å². The molecule has 1 aliphatic carbocycles. The smallest absolute Gasteiger partial charge is 0.242 e. The summed E-state index contributed by atoms with van der Waals surface area (Å²) in [6.45, 7) is 1.71. The third kappa shape index (κ3) is 3.47. The number of hydrogen-bond donors (Lipinski definition) is 3. The Hall–Kier alpha value is -1.10. The Kier molecular flexibility index (Phi) is 4.80. The monoisotopic (exact) mass is 267 g/mol. The van der Waals surface area contributed by atoms with Gasteiger partial charge in [0.2, 0.25) is 11.8 Å². The first kappa shape index (κ1) is 14.3. The lowest BCUT2D eigenvalue weighted by molar-refractivity contribution is -0.130. The lowest BCUT2D eigenvalue weighted by atomic mass is 9.77. The van der Waals surface area contributed by atoms with Crippen LogP contribution in [0.1, 0.15) is 45.4 Å². The van der Waals surface area contributed by atoms with Crippen LogP contribution in [0.15, 0.2) is 0 Å². The molecule has 1 saturated heterocycles. The summed E-state index contributed by atoms with van der Waals surface area (Å²) in [6.07, 6.45) is 7.07. The number of piperidine rings is 1. The van der Waals surface area contributed by atoms with Gasteiger partial charge in [-0.3, -0.25) is 9.59 Å². The largest absolute Gasteiger partial charge is 0.357 e. The van der Waals surface area contributed by atoms with Crippen LogP contribution < -0.4 is 16.0 Å². The van der Waals surface area contributed by atoms with E-state index >= 15 is 0 Å². The summed E-state index contributed by atoms with van der Waals surface area (Å²) in [6, 6.07) is -0.108. The molecule has 1 heterocycles. The molecule has 4 atom stereocenters. The van der Waals surface area contributed by atoms with Gasteiger partial charge >= 0.3 is 0 Å². The SMILES string of the molecule is CNC(=O)C(C)NC(=O)C1CCC2CCCCC2N1. The fraction of sp³-hybridized carbons (Fsp3) is 0.857. The van der Waals surface area contributed by atoms with Gasteiger partial charge in [-0.25, -0.2) is 0 Å². The van der Waals surface area contributed by atoms with E-state index in [1.54, 1.807) is 14.0 Å². The fourth-order valence-corrected chi connectivity index (χ4v) is 3.30. The van der Waals surface area contributed by atoms with Crippen LogP contribution >= 0.6 is 0 Å². The van der Waals surface area contributed by atoms with Crippen LogP contribution in [0, 0.1) is 5.92 Å². The van der Waals surface area contributed by atoms with Gasteiger partial charge in [0.15, 0.2) is 0 Å². The zero-order valence-electron chi connectivity index (χ0n) is 11.9.